The summed E-state index contributed by atoms with van der Waals surface area (Å²) in [6, 6.07) is 17.8. The number of nitrogens with zero attached hydrogens (tertiary/aromatic N) is 1. The Bertz CT molecular complexity index is 706. The quantitative estimate of drug-likeness (QED) is 0.804. The van der Waals surface area contributed by atoms with E-state index >= 15 is 0 Å². The predicted octanol–water partition coefficient (Wildman–Crippen LogP) is 1.65. The smallest absolute Gasteiger partial charge is 0.252 e. The topological polar surface area (TPSA) is 87.7 Å². The van der Waals surface area contributed by atoms with Gasteiger partial charge in [-0.25, -0.2) is 4.99 Å². The molecule has 2 aromatic carbocycles. The number of hydrogen-bond acceptors (Lipinski definition) is 5. The minimum absolute atomic E-state index is 0.240. The lowest BCUT2D eigenvalue weighted by Crippen LogP contribution is -2.45. The Labute approximate surface area is 132 Å². The summed E-state index contributed by atoms with van der Waals surface area (Å²) in [5.41, 5.74) is 5.29. The van der Waals surface area contributed by atoms with E-state index in [1.54, 1.807) is 48.5 Å². The van der Waals surface area contributed by atoms with Crippen molar-refractivity contribution in [2.45, 2.75) is 11.1 Å². The van der Waals surface area contributed by atoms with Crippen molar-refractivity contribution < 1.29 is 9.90 Å². The largest absolute Gasteiger partial charge is 0.378 e. The number of amidine groups is 1. The van der Waals surface area contributed by atoms with Gasteiger partial charge in [-0.1, -0.05) is 60.3 Å². The molecule has 5 nitrogen and oxygen atoms in total. The third kappa shape index (κ3) is 2.70. The number of nitrogens with one attached hydrogen (secondary N) is 1. The average molecular weight is 313 g/mol. The van der Waals surface area contributed by atoms with Gasteiger partial charge in [0.05, 0.1) is 0 Å². The van der Waals surface area contributed by atoms with Gasteiger partial charge < -0.3 is 16.2 Å². The van der Waals surface area contributed by atoms with Gasteiger partial charge in [0.2, 0.25) is 5.72 Å². The highest BCUT2D eigenvalue weighted by molar-refractivity contribution is 8.14. The number of rotatable bonds is 3. The maximum atomic E-state index is 12.3. The zero-order chi connectivity index (χ0) is 15.6. The van der Waals surface area contributed by atoms with Crippen LogP contribution in [0.1, 0.15) is 15.9 Å². The number of nitrogens with two attached hydrogens (primary N) is 1. The Balaban J connectivity index is 1.86. The highest BCUT2D eigenvalue weighted by Crippen LogP contribution is 2.38. The van der Waals surface area contributed by atoms with Crippen molar-refractivity contribution in [2.75, 3.05) is 0 Å². The van der Waals surface area contributed by atoms with Crippen molar-refractivity contribution in [3.05, 3.63) is 71.8 Å². The van der Waals surface area contributed by atoms with Gasteiger partial charge in [0.1, 0.15) is 5.37 Å². The molecule has 1 aliphatic heterocycles. The van der Waals surface area contributed by atoms with E-state index < -0.39 is 11.1 Å². The molecular weight excluding hydrogens is 298 g/mol. The van der Waals surface area contributed by atoms with E-state index in [1.165, 1.54) is 0 Å². The van der Waals surface area contributed by atoms with Crippen molar-refractivity contribution in [1.29, 1.82) is 0 Å². The highest BCUT2D eigenvalue weighted by atomic mass is 32.2. The molecule has 0 unspecified atom stereocenters. The van der Waals surface area contributed by atoms with Gasteiger partial charge in [0, 0.05) is 11.1 Å². The molecule has 1 heterocycles. The molecule has 2 atom stereocenters. The van der Waals surface area contributed by atoms with Crippen LogP contribution in [-0.2, 0) is 5.72 Å². The Kier molecular flexibility index (Phi) is 3.87. The van der Waals surface area contributed by atoms with Crippen LogP contribution in [0.5, 0.6) is 0 Å². The summed E-state index contributed by atoms with van der Waals surface area (Å²) in [6.07, 6.45) is 0. The highest BCUT2D eigenvalue weighted by Gasteiger charge is 2.45. The van der Waals surface area contributed by atoms with Gasteiger partial charge in [-0.3, -0.25) is 4.79 Å². The Morgan fingerprint density at radius 1 is 1.14 bits per heavy atom. The van der Waals surface area contributed by atoms with E-state index in [2.05, 4.69) is 10.3 Å². The van der Waals surface area contributed by atoms with E-state index in [0.29, 0.717) is 11.1 Å². The summed E-state index contributed by atoms with van der Waals surface area (Å²) in [6.45, 7) is 0. The fraction of sp³-hybridized carbons (Fsp3) is 0.125. The van der Waals surface area contributed by atoms with E-state index in [4.69, 9.17) is 5.73 Å². The third-order valence-corrected chi connectivity index (χ3v) is 4.40. The first-order chi connectivity index (χ1) is 10.6. The average Bonchev–Trinajstić information content (AvgIpc) is 2.84. The lowest BCUT2D eigenvalue weighted by molar-refractivity contribution is 0.0360. The minimum Gasteiger partial charge on any atom is -0.378 e. The van der Waals surface area contributed by atoms with Gasteiger partial charge >= 0.3 is 0 Å². The number of aliphatic imine (C=N–C) groups is 1. The molecule has 4 N–H and O–H groups in total. The first kappa shape index (κ1) is 14.6. The van der Waals surface area contributed by atoms with Crippen molar-refractivity contribution in [3.8, 4) is 0 Å². The first-order valence-corrected chi connectivity index (χ1v) is 7.63. The molecule has 0 saturated carbocycles. The molecular formula is C16H15N3O2S. The number of carbonyl (C=O) groups is 1. The number of benzene rings is 2. The molecule has 0 fully saturated rings. The van der Waals surface area contributed by atoms with Crippen LogP contribution in [-0.4, -0.2) is 21.6 Å². The molecule has 0 saturated heterocycles. The van der Waals surface area contributed by atoms with Crippen LogP contribution in [0, 0.1) is 0 Å². The molecule has 1 aliphatic rings. The van der Waals surface area contributed by atoms with Gasteiger partial charge in [-0.15, -0.1) is 0 Å². The molecule has 0 aromatic heterocycles. The van der Waals surface area contributed by atoms with Gasteiger partial charge in [-0.05, 0) is 12.1 Å². The summed E-state index contributed by atoms with van der Waals surface area (Å²) in [5.74, 6) is -0.280. The Morgan fingerprint density at radius 3 is 2.36 bits per heavy atom. The lowest BCUT2D eigenvalue weighted by atomic mass is 10.0. The predicted molar refractivity (Wildman–Crippen MR) is 87.2 cm³/mol. The van der Waals surface area contributed by atoms with Crippen molar-refractivity contribution in [2.24, 2.45) is 10.7 Å². The fourth-order valence-corrected chi connectivity index (χ4v) is 3.23. The molecule has 112 valence electrons. The molecule has 22 heavy (non-hydrogen) atoms. The second kappa shape index (κ2) is 5.82. The van der Waals surface area contributed by atoms with Crippen LogP contribution in [0.25, 0.3) is 0 Å². The van der Waals surface area contributed by atoms with E-state index in [0.717, 1.165) is 11.8 Å². The van der Waals surface area contributed by atoms with Gasteiger partial charge in [-0.2, -0.15) is 0 Å². The Hall–Kier alpha value is -2.31. The molecule has 6 heteroatoms. The summed E-state index contributed by atoms with van der Waals surface area (Å²) >= 11 is 1.14. The summed E-state index contributed by atoms with van der Waals surface area (Å²) in [5, 5.41) is 13.2. The van der Waals surface area contributed by atoms with Crippen molar-refractivity contribution >= 4 is 22.8 Å². The molecule has 0 aliphatic carbocycles. The maximum Gasteiger partial charge on any atom is 0.252 e. The number of amides is 1. The second-order valence-electron chi connectivity index (χ2n) is 4.88. The lowest BCUT2D eigenvalue weighted by Gasteiger charge is -2.27. The first-order valence-electron chi connectivity index (χ1n) is 6.75. The molecule has 1 amide bonds. The van der Waals surface area contributed by atoms with Crippen LogP contribution in [0.15, 0.2) is 65.7 Å². The van der Waals surface area contributed by atoms with Crippen LogP contribution < -0.4 is 11.1 Å². The second-order valence-corrected chi connectivity index (χ2v) is 6.00. The van der Waals surface area contributed by atoms with Crippen LogP contribution in [0.4, 0.5) is 0 Å². The molecule has 3 rings (SSSR count). The van der Waals surface area contributed by atoms with Crippen LogP contribution >= 0.6 is 11.8 Å². The van der Waals surface area contributed by atoms with E-state index in [9.17, 15) is 9.90 Å². The van der Waals surface area contributed by atoms with Crippen molar-refractivity contribution in [1.82, 2.24) is 5.32 Å². The third-order valence-electron chi connectivity index (χ3n) is 3.38. The molecule has 2 aromatic rings. The van der Waals surface area contributed by atoms with Gasteiger partial charge in [0.15, 0.2) is 5.17 Å². The van der Waals surface area contributed by atoms with Crippen LogP contribution in [0.3, 0.4) is 0 Å². The minimum atomic E-state index is -1.57. The maximum absolute atomic E-state index is 12.3. The Morgan fingerprint density at radius 2 is 1.73 bits per heavy atom. The summed E-state index contributed by atoms with van der Waals surface area (Å²) in [7, 11) is 0. The summed E-state index contributed by atoms with van der Waals surface area (Å²) < 4.78 is 0. The fourth-order valence-electron chi connectivity index (χ4n) is 2.28. The van der Waals surface area contributed by atoms with E-state index in [-0.39, 0.29) is 11.1 Å². The number of thioether (sulfide) groups is 1. The summed E-state index contributed by atoms with van der Waals surface area (Å²) in [4.78, 5) is 16.4. The standard InChI is InChI=1S/C16H15N3O2S/c17-15-19-16(21,12-9-5-2-6-10-12)14(22-15)18-13(20)11-7-3-1-4-8-11/h1-10,14,21H,(H2,17,19)(H,18,20)/t14-,16+/m0/s1. The van der Waals surface area contributed by atoms with Gasteiger partial charge in [0.25, 0.3) is 5.91 Å². The number of hydrogen-bond donors (Lipinski definition) is 3. The zero-order valence-electron chi connectivity index (χ0n) is 11.6. The normalized spacial score (nSPS) is 23.9. The van der Waals surface area contributed by atoms with Crippen molar-refractivity contribution in [3.63, 3.8) is 0 Å². The molecule has 0 spiro atoms. The monoisotopic (exact) mass is 313 g/mol. The SMILES string of the molecule is NC1=N[C@@](O)(c2ccccc2)[C@@H](NC(=O)c2ccccc2)S1. The van der Waals surface area contributed by atoms with E-state index in [1.807, 2.05) is 12.1 Å². The molecule has 0 bridgehead atoms. The van der Waals surface area contributed by atoms with Crippen LogP contribution in [0.2, 0.25) is 0 Å². The number of carbonyl (C=O) groups excluding carboxylic acids is 1. The zero-order valence-corrected chi connectivity index (χ0v) is 12.5. The number of aliphatic hydroxyl groups is 1. The molecule has 0 radical (unpaired) electrons.